The summed E-state index contributed by atoms with van der Waals surface area (Å²) >= 11 is 0. The highest BCUT2D eigenvalue weighted by molar-refractivity contribution is 5.99. The molecule has 2 heteroatoms. The summed E-state index contributed by atoms with van der Waals surface area (Å²) in [6.45, 7) is 7.30. The molecule has 0 fully saturated rings. The topological polar surface area (TPSA) is 24.7 Å². The summed E-state index contributed by atoms with van der Waals surface area (Å²) in [4.78, 5) is 0. The monoisotopic (exact) mass is 160 g/mol. The number of aryl methyl sites for hydroxylation is 1. The van der Waals surface area contributed by atoms with Crippen molar-refractivity contribution in [3.8, 4) is 0 Å². The van der Waals surface area contributed by atoms with Crippen molar-refractivity contribution in [2.24, 2.45) is 10.2 Å². The van der Waals surface area contributed by atoms with Crippen molar-refractivity contribution in [3.05, 3.63) is 35.4 Å². The van der Waals surface area contributed by atoms with Crippen LogP contribution in [-0.4, -0.2) is 12.4 Å². The van der Waals surface area contributed by atoms with Crippen molar-refractivity contribution in [1.82, 2.24) is 0 Å². The van der Waals surface area contributed by atoms with E-state index in [0.29, 0.717) is 0 Å². The third-order valence-corrected chi connectivity index (χ3v) is 1.76. The molecule has 0 N–H and O–H groups in total. The van der Waals surface area contributed by atoms with Crippen LogP contribution in [0.15, 0.2) is 34.5 Å². The molecule has 0 radical (unpaired) electrons. The highest BCUT2D eigenvalue weighted by Gasteiger charge is 1.98. The molecule has 0 aliphatic heterocycles. The van der Waals surface area contributed by atoms with Gasteiger partial charge in [0.15, 0.2) is 0 Å². The molecule has 0 saturated carbocycles. The summed E-state index contributed by atoms with van der Waals surface area (Å²) in [6.07, 6.45) is 0. The zero-order valence-electron chi connectivity index (χ0n) is 7.41. The zero-order valence-corrected chi connectivity index (χ0v) is 7.41. The van der Waals surface area contributed by atoms with Crippen LogP contribution in [0, 0.1) is 6.92 Å². The molecule has 0 heterocycles. The molecule has 1 aromatic rings. The van der Waals surface area contributed by atoms with Crippen LogP contribution in [-0.2, 0) is 0 Å². The Labute approximate surface area is 72.7 Å². The summed E-state index contributed by atoms with van der Waals surface area (Å²) in [5, 5.41) is 7.38. The standard InChI is InChI=1S/C10H12N2/c1-8-6-4-5-7-10(8)9(2)12-11-3/h4-7H,3H2,1-2H3/b12-9-. The van der Waals surface area contributed by atoms with Crippen LogP contribution in [0.25, 0.3) is 0 Å². The van der Waals surface area contributed by atoms with Crippen molar-refractivity contribution in [2.75, 3.05) is 0 Å². The van der Waals surface area contributed by atoms with E-state index in [1.165, 1.54) is 5.56 Å². The van der Waals surface area contributed by atoms with Crippen LogP contribution in [0.3, 0.4) is 0 Å². The first kappa shape index (κ1) is 8.65. The van der Waals surface area contributed by atoms with Gasteiger partial charge in [0, 0.05) is 12.3 Å². The van der Waals surface area contributed by atoms with Crippen molar-refractivity contribution in [1.29, 1.82) is 0 Å². The van der Waals surface area contributed by atoms with E-state index in [1.54, 1.807) is 0 Å². The van der Waals surface area contributed by atoms with Gasteiger partial charge < -0.3 is 0 Å². The Morgan fingerprint density at radius 2 is 2.00 bits per heavy atom. The maximum Gasteiger partial charge on any atom is 0.0674 e. The molecule has 0 aliphatic rings. The highest BCUT2D eigenvalue weighted by atomic mass is 15.2. The van der Waals surface area contributed by atoms with Gasteiger partial charge in [0.05, 0.1) is 5.71 Å². The van der Waals surface area contributed by atoms with Gasteiger partial charge in [-0.05, 0) is 19.4 Å². The van der Waals surface area contributed by atoms with Crippen molar-refractivity contribution in [2.45, 2.75) is 13.8 Å². The molecule has 2 nitrogen and oxygen atoms in total. The van der Waals surface area contributed by atoms with Gasteiger partial charge in [-0.15, -0.1) is 0 Å². The molecule has 0 saturated heterocycles. The number of nitrogens with zero attached hydrogens (tertiary/aromatic N) is 2. The smallest absolute Gasteiger partial charge is 0.0674 e. The van der Waals surface area contributed by atoms with E-state index in [-0.39, 0.29) is 0 Å². The van der Waals surface area contributed by atoms with E-state index < -0.39 is 0 Å². The molecule has 1 rings (SSSR count). The summed E-state index contributed by atoms with van der Waals surface area (Å²) in [5.41, 5.74) is 3.25. The van der Waals surface area contributed by atoms with Crippen molar-refractivity contribution >= 4 is 12.4 Å². The lowest BCUT2D eigenvalue weighted by atomic mass is 10.1. The average molecular weight is 160 g/mol. The lowest BCUT2D eigenvalue weighted by molar-refractivity contribution is 1.24. The van der Waals surface area contributed by atoms with Crippen LogP contribution >= 0.6 is 0 Å². The second kappa shape index (κ2) is 3.81. The minimum Gasteiger partial charge on any atom is -0.167 e. The molecule has 0 aromatic heterocycles. The van der Waals surface area contributed by atoms with Gasteiger partial charge in [0.25, 0.3) is 0 Å². The second-order valence-electron chi connectivity index (χ2n) is 2.64. The molecule has 62 valence electrons. The largest absolute Gasteiger partial charge is 0.167 e. The third-order valence-electron chi connectivity index (χ3n) is 1.76. The fourth-order valence-electron chi connectivity index (χ4n) is 1.14. The Hall–Kier alpha value is -1.44. The highest BCUT2D eigenvalue weighted by Crippen LogP contribution is 2.08. The number of benzene rings is 1. The van der Waals surface area contributed by atoms with E-state index >= 15 is 0 Å². The molecular formula is C10H12N2. The van der Waals surface area contributed by atoms with Crippen LogP contribution < -0.4 is 0 Å². The first-order chi connectivity index (χ1) is 5.75. The molecule has 0 atom stereocenters. The molecular weight excluding hydrogens is 148 g/mol. The number of hydrogen-bond donors (Lipinski definition) is 0. The third kappa shape index (κ3) is 1.78. The molecule has 0 bridgehead atoms. The lowest BCUT2D eigenvalue weighted by Gasteiger charge is -2.01. The van der Waals surface area contributed by atoms with Crippen LogP contribution in [0.4, 0.5) is 0 Å². The molecule has 1 aromatic carbocycles. The van der Waals surface area contributed by atoms with Crippen LogP contribution in [0.2, 0.25) is 0 Å². The van der Waals surface area contributed by atoms with E-state index in [1.807, 2.05) is 25.1 Å². The Morgan fingerprint density at radius 3 is 2.58 bits per heavy atom. The predicted octanol–water partition coefficient (Wildman–Crippen LogP) is 2.42. The zero-order chi connectivity index (χ0) is 8.97. The van der Waals surface area contributed by atoms with Gasteiger partial charge in [-0.25, -0.2) is 0 Å². The minimum atomic E-state index is 0.906. The number of rotatable bonds is 2. The van der Waals surface area contributed by atoms with Gasteiger partial charge in [-0.2, -0.15) is 10.2 Å². The summed E-state index contributed by atoms with van der Waals surface area (Å²) in [6, 6.07) is 8.08. The molecule has 12 heavy (non-hydrogen) atoms. The van der Waals surface area contributed by atoms with Gasteiger partial charge in [0.1, 0.15) is 0 Å². The van der Waals surface area contributed by atoms with Gasteiger partial charge in [-0.3, -0.25) is 0 Å². The van der Waals surface area contributed by atoms with Crippen molar-refractivity contribution in [3.63, 3.8) is 0 Å². The minimum absolute atomic E-state index is 0.906. The van der Waals surface area contributed by atoms with Gasteiger partial charge in [0.2, 0.25) is 0 Å². The fraction of sp³-hybridized carbons (Fsp3) is 0.200. The number of hydrogen-bond acceptors (Lipinski definition) is 2. The Bertz CT molecular complexity index is 313. The Kier molecular flexibility index (Phi) is 2.75. The first-order valence-corrected chi connectivity index (χ1v) is 3.82. The first-order valence-electron chi connectivity index (χ1n) is 3.82. The second-order valence-corrected chi connectivity index (χ2v) is 2.64. The fourth-order valence-corrected chi connectivity index (χ4v) is 1.14. The van der Waals surface area contributed by atoms with E-state index in [9.17, 15) is 0 Å². The SMILES string of the molecule is C=N/N=C(/C)c1ccccc1C. The summed E-state index contributed by atoms with van der Waals surface area (Å²) < 4.78 is 0. The van der Waals surface area contributed by atoms with E-state index in [4.69, 9.17) is 0 Å². The maximum atomic E-state index is 3.89. The quantitative estimate of drug-likeness (QED) is 0.469. The maximum absolute atomic E-state index is 3.89. The van der Waals surface area contributed by atoms with Crippen LogP contribution in [0.5, 0.6) is 0 Å². The Morgan fingerprint density at radius 1 is 1.33 bits per heavy atom. The summed E-state index contributed by atoms with van der Waals surface area (Å²) in [5.74, 6) is 0. The lowest BCUT2D eigenvalue weighted by Crippen LogP contribution is -1.96. The van der Waals surface area contributed by atoms with Gasteiger partial charge in [-0.1, -0.05) is 24.3 Å². The van der Waals surface area contributed by atoms with Gasteiger partial charge >= 0.3 is 0 Å². The van der Waals surface area contributed by atoms with Crippen molar-refractivity contribution < 1.29 is 0 Å². The Balaban J connectivity index is 3.10. The molecule has 0 spiro atoms. The summed E-state index contributed by atoms with van der Waals surface area (Å²) in [7, 11) is 0. The van der Waals surface area contributed by atoms with E-state index in [0.717, 1.165) is 11.3 Å². The predicted molar refractivity (Wildman–Crippen MR) is 52.9 cm³/mol. The molecule has 0 aliphatic carbocycles. The van der Waals surface area contributed by atoms with Crippen LogP contribution in [0.1, 0.15) is 18.1 Å². The molecule has 0 amide bonds. The average Bonchev–Trinajstić information content (AvgIpc) is 2.05. The molecule has 0 unspecified atom stereocenters. The normalized spacial score (nSPS) is 11.3. The van der Waals surface area contributed by atoms with E-state index in [2.05, 4.69) is 29.9 Å².